The van der Waals surface area contributed by atoms with Gasteiger partial charge in [-0.1, -0.05) is 12.1 Å². The van der Waals surface area contributed by atoms with Crippen LogP contribution in [0.15, 0.2) is 54.6 Å². The zero-order valence-corrected chi connectivity index (χ0v) is 17.1. The molecule has 9 nitrogen and oxygen atoms in total. The fourth-order valence-electron chi connectivity index (χ4n) is 2.83. The summed E-state index contributed by atoms with van der Waals surface area (Å²) in [6, 6.07) is 11.6. The molecule has 0 saturated carbocycles. The SMILES string of the molecule is CO[C@@H](CC/C=C/C(=O)NO)[C@@H](OC(=O)Nc1ccc(C#N)cc1)c1ccc(O)c(F)c1. The third kappa shape index (κ3) is 7.09. The summed E-state index contributed by atoms with van der Waals surface area (Å²) in [7, 11) is 1.39. The van der Waals surface area contributed by atoms with Crippen LogP contribution in [0.5, 0.6) is 5.75 Å². The molecule has 0 unspecified atom stereocenters. The minimum atomic E-state index is -1.05. The van der Waals surface area contributed by atoms with Crippen molar-refractivity contribution in [1.29, 1.82) is 5.26 Å². The van der Waals surface area contributed by atoms with Gasteiger partial charge in [0.15, 0.2) is 17.7 Å². The van der Waals surface area contributed by atoms with E-state index in [1.54, 1.807) is 0 Å². The summed E-state index contributed by atoms with van der Waals surface area (Å²) in [5.41, 5.74) is 2.52. The fourth-order valence-corrected chi connectivity index (χ4v) is 2.83. The monoisotopic (exact) mass is 443 g/mol. The molecule has 2 aromatic carbocycles. The Kier molecular flexibility index (Phi) is 9.16. The van der Waals surface area contributed by atoms with Gasteiger partial charge in [0.1, 0.15) is 0 Å². The molecule has 0 radical (unpaired) electrons. The largest absolute Gasteiger partial charge is 0.505 e. The summed E-state index contributed by atoms with van der Waals surface area (Å²) >= 11 is 0. The first-order chi connectivity index (χ1) is 15.4. The first kappa shape index (κ1) is 24.3. The molecule has 0 heterocycles. The van der Waals surface area contributed by atoms with Crippen LogP contribution < -0.4 is 10.8 Å². The number of rotatable bonds is 9. The van der Waals surface area contributed by atoms with Crippen molar-refractivity contribution in [3.05, 3.63) is 71.6 Å². The Morgan fingerprint density at radius 3 is 2.56 bits per heavy atom. The number of carbonyl (C=O) groups is 2. The lowest BCUT2D eigenvalue weighted by atomic mass is 10.00. The van der Waals surface area contributed by atoms with Crippen LogP contribution in [-0.4, -0.2) is 35.5 Å². The second-order valence-corrected chi connectivity index (χ2v) is 6.58. The van der Waals surface area contributed by atoms with Crippen LogP contribution in [0.25, 0.3) is 0 Å². The van der Waals surface area contributed by atoms with Gasteiger partial charge in [-0.3, -0.25) is 15.3 Å². The predicted molar refractivity (Wildman–Crippen MR) is 111 cm³/mol. The minimum absolute atomic E-state index is 0.249. The summed E-state index contributed by atoms with van der Waals surface area (Å²) in [6.07, 6.45) is 0.599. The highest BCUT2D eigenvalue weighted by Crippen LogP contribution is 2.30. The van der Waals surface area contributed by atoms with Crippen molar-refractivity contribution < 1.29 is 33.8 Å². The Labute approximate surface area is 183 Å². The Balaban J connectivity index is 2.19. The highest BCUT2D eigenvalue weighted by atomic mass is 19.1. The number of hydrogen-bond donors (Lipinski definition) is 4. The van der Waals surface area contributed by atoms with Gasteiger partial charge in [0.2, 0.25) is 0 Å². The summed E-state index contributed by atoms with van der Waals surface area (Å²) in [6.45, 7) is 0. The van der Waals surface area contributed by atoms with E-state index in [0.29, 0.717) is 17.7 Å². The van der Waals surface area contributed by atoms with Gasteiger partial charge in [-0.2, -0.15) is 5.26 Å². The van der Waals surface area contributed by atoms with E-state index in [-0.39, 0.29) is 12.0 Å². The number of aromatic hydroxyl groups is 1. The highest BCUT2D eigenvalue weighted by Gasteiger charge is 2.28. The molecular weight excluding hydrogens is 421 g/mol. The van der Waals surface area contributed by atoms with E-state index in [1.807, 2.05) is 6.07 Å². The molecule has 32 heavy (non-hydrogen) atoms. The van der Waals surface area contributed by atoms with E-state index < -0.39 is 35.8 Å². The molecule has 0 aliphatic carbocycles. The van der Waals surface area contributed by atoms with Crippen LogP contribution in [0.4, 0.5) is 14.9 Å². The molecule has 0 aliphatic rings. The molecule has 0 spiro atoms. The standard InChI is InChI=1S/C22H22FN3O6/c1-31-19(4-2-3-5-20(28)26-30)21(15-8-11-18(27)17(23)12-15)32-22(29)25-16-9-6-14(13-24)7-10-16/h3,5-12,19,21,27,30H,2,4H2,1H3,(H,25,29)(H,26,28)/b5-3+/t19-,21-/m0/s1. The fraction of sp³-hybridized carbons (Fsp3) is 0.227. The summed E-state index contributed by atoms with van der Waals surface area (Å²) in [4.78, 5) is 23.6. The van der Waals surface area contributed by atoms with Crippen LogP contribution in [0, 0.1) is 17.1 Å². The van der Waals surface area contributed by atoms with Gasteiger partial charge in [-0.15, -0.1) is 0 Å². The van der Waals surface area contributed by atoms with Crippen molar-refractivity contribution in [3.63, 3.8) is 0 Å². The molecule has 0 fully saturated rings. The number of methoxy groups -OCH3 is 1. The molecule has 0 saturated heterocycles. The number of nitrogens with one attached hydrogen (secondary N) is 2. The molecule has 0 aromatic heterocycles. The zero-order chi connectivity index (χ0) is 23.5. The van der Waals surface area contributed by atoms with E-state index >= 15 is 0 Å². The van der Waals surface area contributed by atoms with Crippen LogP contribution in [-0.2, 0) is 14.3 Å². The Bertz CT molecular complexity index is 1000. The number of allylic oxidation sites excluding steroid dienone is 1. The van der Waals surface area contributed by atoms with Gasteiger partial charge in [-0.05, 0) is 54.8 Å². The lowest BCUT2D eigenvalue weighted by Crippen LogP contribution is -2.28. The maximum Gasteiger partial charge on any atom is 0.412 e. The maximum atomic E-state index is 13.9. The van der Waals surface area contributed by atoms with Crippen LogP contribution in [0.2, 0.25) is 0 Å². The second kappa shape index (κ2) is 12.0. The molecule has 2 aromatic rings. The molecule has 2 rings (SSSR count). The number of benzene rings is 2. The molecule has 10 heteroatoms. The lowest BCUT2D eigenvalue weighted by molar-refractivity contribution is -0.124. The zero-order valence-electron chi connectivity index (χ0n) is 17.1. The summed E-state index contributed by atoms with van der Waals surface area (Å²) in [5, 5.41) is 29.4. The number of nitrogens with zero attached hydrogens (tertiary/aromatic N) is 1. The number of nitriles is 1. The number of hydrogen-bond acceptors (Lipinski definition) is 7. The van der Waals surface area contributed by atoms with Gasteiger partial charge < -0.3 is 14.6 Å². The third-order valence-electron chi connectivity index (χ3n) is 4.43. The van der Waals surface area contributed by atoms with Crippen LogP contribution >= 0.6 is 0 Å². The van der Waals surface area contributed by atoms with E-state index in [0.717, 1.165) is 18.2 Å². The van der Waals surface area contributed by atoms with E-state index in [2.05, 4.69) is 5.32 Å². The van der Waals surface area contributed by atoms with E-state index in [9.17, 15) is 19.1 Å². The first-order valence-electron chi connectivity index (χ1n) is 9.47. The summed E-state index contributed by atoms with van der Waals surface area (Å²) in [5.74, 6) is -2.14. The van der Waals surface area contributed by atoms with Gasteiger partial charge >= 0.3 is 6.09 Å². The number of phenols is 1. The van der Waals surface area contributed by atoms with Crippen molar-refractivity contribution in [3.8, 4) is 11.8 Å². The van der Waals surface area contributed by atoms with E-state index in [4.69, 9.17) is 19.9 Å². The number of phenolic OH excluding ortho intramolecular Hbond substituents is 1. The molecular formula is C22H22FN3O6. The number of ether oxygens (including phenoxy) is 2. The Morgan fingerprint density at radius 2 is 1.97 bits per heavy atom. The Morgan fingerprint density at radius 1 is 1.25 bits per heavy atom. The molecule has 2 amide bonds. The van der Waals surface area contributed by atoms with Crippen molar-refractivity contribution in [2.45, 2.75) is 25.0 Å². The lowest BCUT2D eigenvalue weighted by Gasteiger charge is -2.26. The average Bonchev–Trinajstić information content (AvgIpc) is 2.80. The molecule has 4 N–H and O–H groups in total. The molecule has 2 atom stereocenters. The third-order valence-corrected chi connectivity index (χ3v) is 4.43. The number of anilines is 1. The topological polar surface area (TPSA) is 141 Å². The second-order valence-electron chi connectivity index (χ2n) is 6.58. The van der Waals surface area contributed by atoms with Gasteiger partial charge in [-0.25, -0.2) is 14.7 Å². The summed E-state index contributed by atoms with van der Waals surface area (Å²) < 4.78 is 24.9. The quantitative estimate of drug-likeness (QED) is 0.264. The van der Waals surface area contributed by atoms with Crippen LogP contribution in [0.3, 0.4) is 0 Å². The average molecular weight is 443 g/mol. The van der Waals surface area contributed by atoms with Crippen molar-refractivity contribution in [1.82, 2.24) is 5.48 Å². The smallest absolute Gasteiger partial charge is 0.412 e. The van der Waals surface area contributed by atoms with Crippen LogP contribution in [0.1, 0.15) is 30.1 Å². The highest BCUT2D eigenvalue weighted by molar-refractivity contribution is 5.86. The van der Waals surface area contributed by atoms with Crippen molar-refractivity contribution in [2.24, 2.45) is 0 Å². The maximum absolute atomic E-state index is 13.9. The first-order valence-corrected chi connectivity index (χ1v) is 9.47. The molecule has 168 valence electrons. The van der Waals surface area contributed by atoms with Gasteiger partial charge in [0.25, 0.3) is 5.91 Å². The van der Waals surface area contributed by atoms with Gasteiger partial charge in [0.05, 0.1) is 17.7 Å². The number of carbonyl (C=O) groups excluding carboxylic acids is 2. The number of halogens is 1. The number of hydroxylamine groups is 1. The van der Waals surface area contributed by atoms with Gasteiger partial charge in [0, 0.05) is 18.9 Å². The van der Waals surface area contributed by atoms with Crippen molar-refractivity contribution in [2.75, 3.05) is 12.4 Å². The minimum Gasteiger partial charge on any atom is -0.505 e. The predicted octanol–water partition coefficient (Wildman–Crippen LogP) is 3.55. The Hall–Kier alpha value is -3.94. The normalized spacial score (nSPS) is 12.6. The van der Waals surface area contributed by atoms with Crippen molar-refractivity contribution >= 4 is 17.7 Å². The molecule has 0 bridgehead atoms. The number of amides is 2. The molecule has 0 aliphatic heterocycles. The van der Waals surface area contributed by atoms with E-state index in [1.165, 1.54) is 49.0 Å².